The van der Waals surface area contributed by atoms with E-state index in [9.17, 15) is 4.79 Å². The van der Waals surface area contributed by atoms with Crippen LogP contribution in [0.15, 0.2) is 24.4 Å². The zero-order valence-electron chi connectivity index (χ0n) is 8.19. The van der Waals surface area contributed by atoms with E-state index >= 15 is 0 Å². The van der Waals surface area contributed by atoms with Gasteiger partial charge in [-0.15, -0.1) is 0 Å². The SMILES string of the molecule is COC(=O)NC(=S)NCc1ccccn1. The Morgan fingerprint density at radius 3 is 3.00 bits per heavy atom. The summed E-state index contributed by atoms with van der Waals surface area (Å²) < 4.78 is 4.38. The van der Waals surface area contributed by atoms with E-state index in [-0.39, 0.29) is 5.11 Å². The van der Waals surface area contributed by atoms with Crippen LogP contribution in [-0.4, -0.2) is 23.3 Å². The monoisotopic (exact) mass is 225 g/mol. The average molecular weight is 225 g/mol. The first kappa shape index (κ1) is 11.4. The molecule has 0 aliphatic heterocycles. The zero-order valence-corrected chi connectivity index (χ0v) is 9.00. The lowest BCUT2D eigenvalue weighted by Crippen LogP contribution is -2.38. The Morgan fingerprint density at radius 1 is 1.60 bits per heavy atom. The molecule has 0 unspecified atom stereocenters. The van der Waals surface area contributed by atoms with Crippen LogP contribution in [0.25, 0.3) is 0 Å². The normalized spacial score (nSPS) is 9.13. The molecule has 1 rings (SSSR count). The van der Waals surface area contributed by atoms with Crippen molar-refractivity contribution in [2.45, 2.75) is 6.54 Å². The summed E-state index contributed by atoms with van der Waals surface area (Å²) in [7, 11) is 1.27. The van der Waals surface area contributed by atoms with Gasteiger partial charge in [-0.3, -0.25) is 10.3 Å². The van der Waals surface area contributed by atoms with Crippen molar-refractivity contribution in [3.63, 3.8) is 0 Å². The van der Waals surface area contributed by atoms with E-state index in [1.165, 1.54) is 7.11 Å². The molecule has 0 saturated carbocycles. The van der Waals surface area contributed by atoms with Crippen molar-refractivity contribution < 1.29 is 9.53 Å². The number of carbonyl (C=O) groups is 1. The largest absolute Gasteiger partial charge is 0.453 e. The molecule has 0 radical (unpaired) electrons. The third-order valence-corrected chi connectivity index (χ3v) is 1.80. The van der Waals surface area contributed by atoms with Crippen LogP contribution in [0.4, 0.5) is 4.79 Å². The second kappa shape index (κ2) is 5.92. The van der Waals surface area contributed by atoms with E-state index in [1.807, 2.05) is 18.2 Å². The fourth-order valence-electron chi connectivity index (χ4n) is 0.861. The maximum absolute atomic E-state index is 10.8. The van der Waals surface area contributed by atoms with E-state index in [2.05, 4.69) is 20.4 Å². The summed E-state index contributed by atoms with van der Waals surface area (Å²) in [5.41, 5.74) is 0.839. The van der Waals surface area contributed by atoms with E-state index in [1.54, 1.807) is 6.20 Å². The first-order chi connectivity index (χ1) is 7.22. The smallest absolute Gasteiger partial charge is 0.413 e. The number of pyridine rings is 1. The second-order valence-electron chi connectivity index (χ2n) is 2.62. The van der Waals surface area contributed by atoms with Crippen LogP contribution in [0.3, 0.4) is 0 Å². The molecular weight excluding hydrogens is 214 g/mol. The molecule has 2 N–H and O–H groups in total. The van der Waals surface area contributed by atoms with Gasteiger partial charge in [0.1, 0.15) is 0 Å². The molecule has 6 heteroatoms. The first-order valence-electron chi connectivity index (χ1n) is 4.25. The number of methoxy groups -OCH3 is 1. The van der Waals surface area contributed by atoms with E-state index in [0.29, 0.717) is 6.54 Å². The zero-order chi connectivity index (χ0) is 11.1. The van der Waals surface area contributed by atoms with Gasteiger partial charge in [-0.2, -0.15) is 0 Å². The first-order valence-corrected chi connectivity index (χ1v) is 4.66. The van der Waals surface area contributed by atoms with E-state index < -0.39 is 6.09 Å². The van der Waals surface area contributed by atoms with Crippen LogP contribution < -0.4 is 10.6 Å². The molecule has 0 bridgehead atoms. The van der Waals surface area contributed by atoms with Gasteiger partial charge in [0.15, 0.2) is 5.11 Å². The number of nitrogens with one attached hydrogen (secondary N) is 2. The summed E-state index contributed by atoms with van der Waals surface area (Å²) in [6.07, 6.45) is 1.10. The summed E-state index contributed by atoms with van der Waals surface area (Å²) in [4.78, 5) is 14.8. The number of carbonyl (C=O) groups excluding carboxylic acids is 1. The molecule has 5 nitrogen and oxygen atoms in total. The van der Waals surface area contributed by atoms with Gasteiger partial charge in [0.25, 0.3) is 0 Å². The summed E-state index contributed by atoms with van der Waals surface area (Å²) in [6.45, 7) is 0.462. The minimum Gasteiger partial charge on any atom is -0.453 e. The standard InChI is InChI=1S/C9H11N3O2S/c1-14-9(13)12-8(15)11-6-7-4-2-3-5-10-7/h2-5H,6H2,1H3,(H2,11,12,13,15). The number of rotatable bonds is 2. The molecule has 1 aromatic rings. The van der Waals surface area contributed by atoms with Gasteiger partial charge in [-0.05, 0) is 24.4 Å². The second-order valence-corrected chi connectivity index (χ2v) is 3.03. The number of thiocarbonyl (C=S) groups is 1. The highest BCUT2D eigenvalue weighted by Crippen LogP contribution is 1.91. The Kier molecular flexibility index (Phi) is 4.49. The summed E-state index contributed by atoms with van der Waals surface area (Å²) in [5, 5.41) is 5.37. The molecule has 1 heterocycles. The number of amides is 1. The van der Waals surface area contributed by atoms with Crippen LogP contribution in [0.5, 0.6) is 0 Å². The minimum absolute atomic E-state index is 0.215. The predicted molar refractivity (Wildman–Crippen MR) is 59.2 cm³/mol. The lowest BCUT2D eigenvalue weighted by Gasteiger charge is -2.07. The Morgan fingerprint density at radius 2 is 2.40 bits per heavy atom. The fraction of sp³-hybridized carbons (Fsp3) is 0.222. The quantitative estimate of drug-likeness (QED) is 0.729. The van der Waals surface area contributed by atoms with Gasteiger partial charge in [0.2, 0.25) is 0 Å². The number of hydrogen-bond acceptors (Lipinski definition) is 4. The lowest BCUT2D eigenvalue weighted by molar-refractivity contribution is 0.176. The maximum atomic E-state index is 10.8. The molecule has 0 aliphatic rings. The van der Waals surface area contributed by atoms with Crippen LogP contribution in [0, 0.1) is 0 Å². The molecule has 15 heavy (non-hydrogen) atoms. The third-order valence-electron chi connectivity index (χ3n) is 1.56. The van der Waals surface area contributed by atoms with Crippen LogP contribution in [0.2, 0.25) is 0 Å². The summed E-state index contributed by atoms with van der Waals surface area (Å²) in [5.74, 6) is 0. The van der Waals surface area contributed by atoms with Crippen LogP contribution >= 0.6 is 12.2 Å². The van der Waals surface area contributed by atoms with Crippen molar-refractivity contribution >= 4 is 23.4 Å². The third kappa shape index (κ3) is 4.37. The number of ether oxygens (including phenoxy) is 1. The number of nitrogens with zero attached hydrogens (tertiary/aromatic N) is 1. The molecule has 0 saturated heterocycles. The molecule has 80 valence electrons. The van der Waals surface area contributed by atoms with Gasteiger partial charge < -0.3 is 10.1 Å². The van der Waals surface area contributed by atoms with Gasteiger partial charge >= 0.3 is 6.09 Å². The number of alkyl carbamates (subject to hydrolysis) is 1. The van der Waals surface area contributed by atoms with Crippen molar-refractivity contribution in [3.8, 4) is 0 Å². The maximum Gasteiger partial charge on any atom is 0.413 e. The van der Waals surface area contributed by atoms with Crippen molar-refractivity contribution in [3.05, 3.63) is 30.1 Å². The predicted octanol–water partition coefficient (Wildman–Crippen LogP) is 0.812. The van der Waals surface area contributed by atoms with E-state index in [4.69, 9.17) is 12.2 Å². The van der Waals surface area contributed by atoms with Crippen LogP contribution in [0.1, 0.15) is 5.69 Å². The molecule has 0 aromatic carbocycles. The highest BCUT2D eigenvalue weighted by atomic mass is 32.1. The molecule has 0 aliphatic carbocycles. The highest BCUT2D eigenvalue weighted by molar-refractivity contribution is 7.80. The van der Waals surface area contributed by atoms with Gasteiger partial charge in [0.05, 0.1) is 19.3 Å². The summed E-state index contributed by atoms with van der Waals surface area (Å²) in [6, 6.07) is 5.56. The Bertz CT molecular complexity index is 342. The fourth-order valence-corrected chi connectivity index (χ4v) is 1.02. The van der Waals surface area contributed by atoms with Crippen molar-refractivity contribution in [2.75, 3.05) is 7.11 Å². The molecular formula is C9H11N3O2S. The van der Waals surface area contributed by atoms with Crippen molar-refractivity contribution in [2.24, 2.45) is 0 Å². The topological polar surface area (TPSA) is 63.2 Å². The molecule has 0 spiro atoms. The molecule has 1 amide bonds. The molecule has 1 aromatic heterocycles. The Balaban J connectivity index is 2.32. The molecule has 0 atom stereocenters. The highest BCUT2D eigenvalue weighted by Gasteiger charge is 2.02. The molecule has 0 fully saturated rings. The summed E-state index contributed by atoms with van der Waals surface area (Å²) >= 11 is 4.84. The Labute approximate surface area is 92.8 Å². The lowest BCUT2D eigenvalue weighted by atomic mass is 10.3. The van der Waals surface area contributed by atoms with Crippen LogP contribution in [-0.2, 0) is 11.3 Å². The van der Waals surface area contributed by atoms with Crippen molar-refractivity contribution in [1.29, 1.82) is 0 Å². The van der Waals surface area contributed by atoms with Crippen molar-refractivity contribution in [1.82, 2.24) is 15.6 Å². The number of aromatic nitrogens is 1. The van der Waals surface area contributed by atoms with Gasteiger partial charge in [-0.25, -0.2) is 4.79 Å². The van der Waals surface area contributed by atoms with Gasteiger partial charge in [0, 0.05) is 6.20 Å². The number of hydrogen-bond donors (Lipinski definition) is 2. The average Bonchev–Trinajstić information content (AvgIpc) is 2.27. The minimum atomic E-state index is -0.589. The van der Waals surface area contributed by atoms with E-state index in [0.717, 1.165) is 5.69 Å². The Hall–Kier alpha value is -1.69. The van der Waals surface area contributed by atoms with Gasteiger partial charge in [-0.1, -0.05) is 6.07 Å².